The fourth-order valence-electron chi connectivity index (χ4n) is 2.20. The van der Waals surface area contributed by atoms with Crippen LogP contribution in [0.2, 0.25) is 0 Å². The second-order valence-corrected chi connectivity index (χ2v) is 5.57. The molecule has 1 aromatic rings. The van der Waals surface area contributed by atoms with Crippen LogP contribution in [0.25, 0.3) is 0 Å². The van der Waals surface area contributed by atoms with Crippen molar-refractivity contribution in [3.63, 3.8) is 0 Å². The third-order valence-electron chi connectivity index (χ3n) is 3.41. The molecule has 0 saturated heterocycles. The summed E-state index contributed by atoms with van der Waals surface area (Å²) in [5.41, 5.74) is 8.04. The lowest BCUT2D eigenvalue weighted by Crippen LogP contribution is -2.14. The van der Waals surface area contributed by atoms with E-state index in [0.717, 1.165) is 11.8 Å². The average Bonchev–Trinajstić information content (AvgIpc) is 2.34. The number of nitro groups is 1. The van der Waals surface area contributed by atoms with Gasteiger partial charge >= 0.3 is 0 Å². The second kappa shape index (κ2) is 6.04. The van der Waals surface area contributed by atoms with Crippen LogP contribution in [0.3, 0.4) is 0 Å². The normalized spacial score (nSPS) is 10.4. The van der Waals surface area contributed by atoms with Gasteiger partial charge < -0.3 is 5.73 Å². The number of nitrogens with zero attached hydrogens (tertiary/aromatic N) is 1. The minimum atomic E-state index is -0.413. The van der Waals surface area contributed by atoms with Crippen molar-refractivity contribution in [2.45, 2.75) is 27.7 Å². The second-order valence-electron chi connectivity index (χ2n) is 4.56. The third-order valence-corrected chi connectivity index (χ3v) is 4.12. The first-order valence-corrected chi connectivity index (χ1v) is 6.91. The molecule has 108 valence electrons. The number of rotatable bonds is 4. The number of carbonyl (C=O) groups is 1. The Morgan fingerprint density at radius 1 is 1.20 bits per heavy atom. The number of Topliss-reactive ketones (excluding diaryl/α,β-unsaturated/α-hetero) is 1. The number of nitrogens with two attached hydrogens (primary N) is 1. The van der Waals surface area contributed by atoms with Gasteiger partial charge in [0.25, 0.3) is 5.69 Å². The Labute approximate surface area is 121 Å². The molecule has 0 aromatic heterocycles. The van der Waals surface area contributed by atoms with E-state index in [9.17, 15) is 14.9 Å². The number of benzene rings is 1. The van der Waals surface area contributed by atoms with Gasteiger partial charge in [-0.2, -0.15) is 0 Å². The van der Waals surface area contributed by atoms with Crippen LogP contribution in [0, 0.1) is 43.2 Å². The van der Waals surface area contributed by atoms with E-state index in [1.165, 1.54) is 0 Å². The number of thioether (sulfide) groups is 1. The number of ketones is 1. The maximum absolute atomic E-state index is 12.2. The maximum Gasteiger partial charge on any atom is 0.275 e. The van der Waals surface area contributed by atoms with Crippen molar-refractivity contribution in [2.24, 2.45) is 5.73 Å². The van der Waals surface area contributed by atoms with Crippen LogP contribution in [-0.4, -0.2) is 21.6 Å². The zero-order valence-corrected chi connectivity index (χ0v) is 12.7. The molecular formula is C13H17N3O3S. The zero-order chi connectivity index (χ0) is 15.6. The van der Waals surface area contributed by atoms with E-state index < -0.39 is 4.92 Å². The van der Waals surface area contributed by atoms with E-state index in [4.69, 9.17) is 11.1 Å². The maximum atomic E-state index is 12.2. The van der Waals surface area contributed by atoms with Gasteiger partial charge in [0.2, 0.25) is 0 Å². The lowest BCUT2D eigenvalue weighted by molar-refractivity contribution is -0.386. The summed E-state index contributed by atoms with van der Waals surface area (Å²) in [6, 6.07) is 0. The molecule has 0 saturated carbocycles. The highest BCUT2D eigenvalue weighted by Gasteiger charge is 2.25. The number of nitro benzene ring substituents is 1. The van der Waals surface area contributed by atoms with Crippen molar-refractivity contribution in [3.05, 3.63) is 37.9 Å². The number of hydrogen-bond donors (Lipinski definition) is 2. The van der Waals surface area contributed by atoms with E-state index >= 15 is 0 Å². The summed E-state index contributed by atoms with van der Waals surface area (Å²) in [7, 11) is 0. The number of amidine groups is 1. The van der Waals surface area contributed by atoms with E-state index in [1.54, 1.807) is 27.7 Å². The van der Waals surface area contributed by atoms with Crippen molar-refractivity contribution < 1.29 is 9.72 Å². The fourth-order valence-corrected chi connectivity index (χ4v) is 2.63. The third kappa shape index (κ3) is 2.98. The van der Waals surface area contributed by atoms with Gasteiger partial charge in [-0.1, -0.05) is 11.8 Å². The molecule has 0 unspecified atom stereocenters. The predicted octanol–water partition coefficient (Wildman–Crippen LogP) is 2.64. The largest absolute Gasteiger partial charge is 0.379 e. The molecule has 7 heteroatoms. The molecule has 6 nitrogen and oxygen atoms in total. The van der Waals surface area contributed by atoms with Crippen LogP contribution in [0.4, 0.5) is 5.69 Å². The molecule has 0 bridgehead atoms. The summed E-state index contributed by atoms with van der Waals surface area (Å²) < 4.78 is 0. The molecule has 1 rings (SSSR count). The quantitative estimate of drug-likeness (QED) is 0.292. The van der Waals surface area contributed by atoms with Crippen molar-refractivity contribution in [2.75, 3.05) is 5.75 Å². The Morgan fingerprint density at radius 2 is 1.65 bits per heavy atom. The minimum absolute atomic E-state index is 0.0632. The molecule has 0 radical (unpaired) electrons. The Hall–Kier alpha value is -1.89. The Balaban J connectivity index is 3.39. The molecule has 0 spiro atoms. The number of carbonyl (C=O) groups excluding carboxylic acids is 1. The van der Waals surface area contributed by atoms with Gasteiger partial charge in [0.15, 0.2) is 11.0 Å². The standard InChI is InChI=1S/C13H17N3O3S/c1-6-8(3)12(16(18)19)9(4)7(2)11(6)10(17)5-20-13(14)15/h5H2,1-4H3,(H3,14,15). The monoisotopic (exact) mass is 295 g/mol. The highest BCUT2D eigenvalue weighted by Crippen LogP contribution is 2.32. The van der Waals surface area contributed by atoms with E-state index in [0.29, 0.717) is 27.8 Å². The highest BCUT2D eigenvalue weighted by atomic mass is 32.2. The van der Waals surface area contributed by atoms with Gasteiger partial charge in [-0.05, 0) is 38.8 Å². The van der Waals surface area contributed by atoms with Gasteiger partial charge in [0, 0.05) is 16.7 Å². The summed E-state index contributed by atoms with van der Waals surface area (Å²) in [6.45, 7) is 6.71. The average molecular weight is 295 g/mol. The van der Waals surface area contributed by atoms with Gasteiger partial charge in [-0.3, -0.25) is 20.3 Å². The Morgan fingerprint density at radius 3 is 2.00 bits per heavy atom. The molecule has 3 N–H and O–H groups in total. The lowest BCUT2D eigenvalue weighted by atomic mass is 9.90. The molecule has 0 heterocycles. The van der Waals surface area contributed by atoms with Gasteiger partial charge in [0.05, 0.1) is 10.7 Å². The van der Waals surface area contributed by atoms with E-state index in [-0.39, 0.29) is 22.4 Å². The fraction of sp³-hybridized carbons (Fsp3) is 0.385. The first-order chi connectivity index (χ1) is 9.18. The van der Waals surface area contributed by atoms with Crippen LogP contribution < -0.4 is 5.73 Å². The molecule has 0 aliphatic heterocycles. The van der Waals surface area contributed by atoms with Crippen LogP contribution in [0.1, 0.15) is 32.6 Å². The van der Waals surface area contributed by atoms with Crippen LogP contribution in [0.5, 0.6) is 0 Å². The van der Waals surface area contributed by atoms with Gasteiger partial charge in [-0.15, -0.1) is 0 Å². The minimum Gasteiger partial charge on any atom is -0.379 e. The zero-order valence-electron chi connectivity index (χ0n) is 11.9. The SMILES string of the molecule is Cc1c(C)c([N+](=O)[O-])c(C)c(C)c1C(=O)CSC(=N)N. The molecule has 0 aliphatic carbocycles. The Bertz CT molecular complexity index is 582. The van der Waals surface area contributed by atoms with E-state index in [2.05, 4.69) is 0 Å². The summed E-state index contributed by atoms with van der Waals surface area (Å²) in [6.07, 6.45) is 0. The summed E-state index contributed by atoms with van der Waals surface area (Å²) in [5, 5.41) is 18.1. The van der Waals surface area contributed by atoms with Gasteiger partial charge in [-0.25, -0.2) is 0 Å². The van der Waals surface area contributed by atoms with Crippen molar-refractivity contribution in [1.82, 2.24) is 0 Å². The summed E-state index contributed by atoms with van der Waals surface area (Å²) in [5.74, 6) is -0.102. The van der Waals surface area contributed by atoms with Crippen molar-refractivity contribution in [3.8, 4) is 0 Å². The summed E-state index contributed by atoms with van der Waals surface area (Å²) in [4.78, 5) is 22.9. The molecule has 0 atom stereocenters. The first kappa shape index (κ1) is 16.2. The molecular weight excluding hydrogens is 278 g/mol. The van der Waals surface area contributed by atoms with Crippen LogP contribution in [-0.2, 0) is 0 Å². The molecule has 20 heavy (non-hydrogen) atoms. The van der Waals surface area contributed by atoms with Crippen molar-refractivity contribution >= 4 is 28.4 Å². The van der Waals surface area contributed by atoms with E-state index in [1.807, 2.05) is 0 Å². The predicted molar refractivity (Wildman–Crippen MR) is 80.7 cm³/mol. The topological polar surface area (TPSA) is 110 Å². The number of hydrogen-bond acceptors (Lipinski definition) is 5. The molecule has 0 amide bonds. The van der Waals surface area contributed by atoms with Crippen LogP contribution >= 0.6 is 11.8 Å². The lowest BCUT2D eigenvalue weighted by Gasteiger charge is -2.14. The smallest absolute Gasteiger partial charge is 0.275 e. The molecule has 0 fully saturated rings. The molecule has 1 aromatic carbocycles. The van der Waals surface area contributed by atoms with Crippen LogP contribution in [0.15, 0.2) is 0 Å². The highest BCUT2D eigenvalue weighted by molar-refractivity contribution is 8.14. The first-order valence-electron chi connectivity index (χ1n) is 5.93. The summed E-state index contributed by atoms with van der Waals surface area (Å²) >= 11 is 0.952. The molecule has 0 aliphatic rings. The van der Waals surface area contributed by atoms with Crippen molar-refractivity contribution in [1.29, 1.82) is 5.41 Å². The van der Waals surface area contributed by atoms with Gasteiger partial charge in [0.1, 0.15) is 0 Å². The Kier molecular flexibility index (Phi) is 4.88. The number of nitrogens with one attached hydrogen (secondary N) is 1.